The number of fused-ring (bicyclic) bond motifs is 1. The fourth-order valence-corrected chi connectivity index (χ4v) is 3.26. The Morgan fingerprint density at radius 2 is 1.75 bits per heavy atom. The third kappa shape index (κ3) is 2.72. The quantitative estimate of drug-likeness (QED) is 0.589. The lowest BCUT2D eigenvalue weighted by Gasteiger charge is -2.09. The molecule has 0 aliphatic heterocycles. The van der Waals surface area contributed by atoms with E-state index in [1.807, 2.05) is 31.2 Å². The summed E-state index contributed by atoms with van der Waals surface area (Å²) >= 11 is 0. The highest BCUT2D eigenvalue weighted by atomic mass is 19.1. The minimum Gasteiger partial charge on any atom is -0.423 e. The van der Waals surface area contributed by atoms with E-state index in [1.54, 1.807) is 12.1 Å². The zero-order chi connectivity index (χ0) is 20.0. The van der Waals surface area contributed by atoms with Gasteiger partial charge in [0.1, 0.15) is 11.2 Å². The molecule has 0 bridgehead atoms. The summed E-state index contributed by atoms with van der Waals surface area (Å²) in [7, 11) is 2.93. The van der Waals surface area contributed by atoms with E-state index in [-0.39, 0.29) is 17.0 Å². The number of nitrogens with one attached hydrogen (secondary N) is 1. The van der Waals surface area contributed by atoms with Gasteiger partial charge in [-0.15, -0.1) is 0 Å². The Balaban J connectivity index is 2.09. The van der Waals surface area contributed by atoms with E-state index in [9.17, 15) is 14.0 Å². The van der Waals surface area contributed by atoms with Crippen LogP contribution in [0.4, 0.5) is 16.0 Å². The smallest absolute Gasteiger partial charge is 0.333 e. The third-order valence-corrected chi connectivity index (χ3v) is 4.79. The predicted molar refractivity (Wildman–Crippen MR) is 107 cm³/mol. The Hall–Kier alpha value is -3.61. The maximum atomic E-state index is 13.9. The molecular formula is C21H18FN3O3. The van der Waals surface area contributed by atoms with E-state index in [1.165, 1.54) is 30.8 Å². The van der Waals surface area contributed by atoms with Gasteiger partial charge in [0, 0.05) is 19.8 Å². The highest BCUT2D eigenvalue weighted by Gasteiger charge is 2.23. The van der Waals surface area contributed by atoms with E-state index in [2.05, 4.69) is 5.32 Å². The van der Waals surface area contributed by atoms with E-state index in [0.29, 0.717) is 11.1 Å². The Kier molecular flexibility index (Phi) is 4.15. The van der Waals surface area contributed by atoms with Gasteiger partial charge in [-0.2, -0.15) is 0 Å². The van der Waals surface area contributed by atoms with Crippen LogP contribution in [0.25, 0.3) is 22.2 Å². The number of aromatic nitrogens is 2. The lowest BCUT2D eigenvalue weighted by Crippen LogP contribution is -2.36. The van der Waals surface area contributed by atoms with E-state index in [4.69, 9.17) is 4.42 Å². The Morgan fingerprint density at radius 3 is 2.46 bits per heavy atom. The van der Waals surface area contributed by atoms with Gasteiger partial charge in [0.05, 0.1) is 5.56 Å². The van der Waals surface area contributed by atoms with Gasteiger partial charge in [0.15, 0.2) is 0 Å². The number of para-hydroxylation sites is 1. The van der Waals surface area contributed by atoms with Crippen LogP contribution in [0, 0.1) is 12.7 Å². The second-order valence-corrected chi connectivity index (χ2v) is 6.64. The lowest BCUT2D eigenvalue weighted by atomic mass is 10.0. The SMILES string of the molecule is Cc1ccccc1Nc1oc2c(c1-c1cccc(F)c1)c(=O)n(C)c(=O)n2C. The number of furan rings is 1. The maximum Gasteiger partial charge on any atom is 0.333 e. The number of rotatable bonds is 3. The molecular weight excluding hydrogens is 361 g/mol. The number of halogens is 1. The largest absolute Gasteiger partial charge is 0.423 e. The molecule has 2 heterocycles. The standard InChI is InChI=1S/C21H18FN3O3/c1-12-7-4-5-10-15(12)23-18-16(13-8-6-9-14(22)11-13)17-19(26)24(2)21(27)25(3)20(17)28-18/h4-11,23H,1-3H3. The molecule has 2 aromatic carbocycles. The molecule has 4 aromatic rings. The number of hydrogen-bond acceptors (Lipinski definition) is 4. The summed E-state index contributed by atoms with van der Waals surface area (Å²) in [5.74, 6) is -0.163. The van der Waals surface area contributed by atoms with E-state index < -0.39 is 17.1 Å². The molecule has 0 atom stereocenters. The summed E-state index contributed by atoms with van der Waals surface area (Å²) in [6.45, 7) is 1.93. The van der Waals surface area contributed by atoms with Crippen molar-refractivity contribution in [3.63, 3.8) is 0 Å². The first-order chi connectivity index (χ1) is 13.4. The van der Waals surface area contributed by atoms with Crippen LogP contribution in [0.2, 0.25) is 0 Å². The first kappa shape index (κ1) is 17.8. The molecule has 0 aliphatic carbocycles. The van der Waals surface area contributed by atoms with Crippen LogP contribution in [0.5, 0.6) is 0 Å². The molecule has 0 radical (unpaired) electrons. The van der Waals surface area contributed by atoms with Crippen molar-refractivity contribution in [2.24, 2.45) is 14.1 Å². The normalized spacial score (nSPS) is 11.1. The van der Waals surface area contributed by atoms with Crippen LogP contribution in [-0.2, 0) is 14.1 Å². The van der Waals surface area contributed by atoms with Crippen molar-refractivity contribution in [2.45, 2.75) is 6.92 Å². The predicted octanol–water partition coefficient (Wildman–Crippen LogP) is 3.69. The zero-order valence-electron chi connectivity index (χ0n) is 15.6. The van der Waals surface area contributed by atoms with Crippen molar-refractivity contribution in [2.75, 3.05) is 5.32 Å². The van der Waals surface area contributed by atoms with Gasteiger partial charge in [-0.3, -0.25) is 13.9 Å². The highest BCUT2D eigenvalue weighted by Crippen LogP contribution is 2.38. The molecule has 0 unspecified atom stereocenters. The molecule has 0 spiro atoms. The molecule has 0 fully saturated rings. The van der Waals surface area contributed by atoms with Gasteiger partial charge < -0.3 is 9.73 Å². The van der Waals surface area contributed by atoms with Crippen molar-refractivity contribution in [3.05, 3.63) is 80.7 Å². The van der Waals surface area contributed by atoms with Gasteiger partial charge >= 0.3 is 5.69 Å². The van der Waals surface area contributed by atoms with E-state index in [0.717, 1.165) is 15.8 Å². The molecule has 142 valence electrons. The summed E-state index contributed by atoms with van der Waals surface area (Å²) < 4.78 is 22.1. The maximum absolute atomic E-state index is 13.9. The summed E-state index contributed by atoms with van der Waals surface area (Å²) in [5.41, 5.74) is 1.76. The Morgan fingerprint density at radius 1 is 1.00 bits per heavy atom. The monoisotopic (exact) mass is 379 g/mol. The molecule has 7 heteroatoms. The van der Waals surface area contributed by atoms with Crippen molar-refractivity contribution in [1.82, 2.24) is 9.13 Å². The van der Waals surface area contributed by atoms with E-state index >= 15 is 0 Å². The fourth-order valence-electron chi connectivity index (χ4n) is 3.26. The second-order valence-electron chi connectivity index (χ2n) is 6.64. The van der Waals surface area contributed by atoms with Gasteiger partial charge in [-0.1, -0.05) is 30.3 Å². The van der Waals surface area contributed by atoms with Crippen molar-refractivity contribution >= 4 is 22.7 Å². The third-order valence-electron chi connectivity index (χ3n) is 4.79. The highest BCUT2D eigenvalue weighted by molar-refractivity contribution is 5.99. The molecule has 4 rings (SSSR count). The van der Waals surface area contributed by atoms with Crippen LogP contribution >= 0.6 is 0 Å². The van der Waals surface area contributed by atoms with Crippen molar-refractivity contribution in [1.29, 1.82) is 0 Å². The lowest BCUT2D eigenvalue weighted by molar-refractivity contribution is 0.577. The molecule has 2 aromatic heterocycles. The number of nitrogens with zero attached hydrogens (tertiary/aromatic N) is 2. The number of hydrogen-bond donors (Lipinski definition) is 1. The van der Waals surface area contributed by atoms with Crippen LogP contribution in [0.1, 0.15) is 5.56 Å². The summed E-state index contributed by atoms with van der Waals surface area (Å²) in [6.07, 6.45) is 0. The zero-order valence-corrected chi connectivity index (χ0v) is 15.6. The topological polar surface area (TPSA) is 69.2 Å². The fraction of sp³-hybridized carbons (Fsp3) is 0.143. The molecule has 0 aliphatic rings. The minimum atomic E-state index is -0.501. The Labute approximate surface area is 159 Å². The van der Waals surface area contributed by atoms with Gasteiger partial charge in [-0.05, 0) is 36.2 Å². The van der Waals surface area contributed by atoms with Crippen molar-refractivity contribution in [3.8, 4) is 11.1 Å². The summed E-state index contributed by atoms with van der Waals surface area (Å²) in [6, 6.07) is 13.5. The van der Waals surface area contributed by atoms with Crippen LogP contribution in [0.15, 0.2) is 62.5 Å². The molecule has 6 nitrogen and oxygen atoms in total. The molecule has 0 amide bonds. The summed E-state index contributed by atoms with van der Waals surface area (Å²) in [4.78, 5) is 25.2. The minimum absolute atomic E-state index is 0.128. The number of benzene rings is 2. The Bertz CT molecular complexity index is 1330. The molecule has 1 N–H and O–H groups in total. The molecule has 28 heavy (non-hydrogen) atoms. The van der Waals surface area contributed by atoms with Gasteiger partial charge in [-0.25, -0.2) is 9.18 Å². The van der Waals surface area contributed by atoms with Crippen LogP contribution < -0.4 is 16.6 Å². The van der Waals surface area contributed by atoms with Gasteiger partial charge in [0.2, 0.25) is 11.6 Å². The average molecular weight is 379 g/mol. The van der Waals surface area contributed by atoms with Crippen LogP contribution in [0.3, 0.4) is 0 Å². The molecule has 0 saturated heterocycles. The first-order valence-electron chi connectivity index (χ1n) is 8.69. The van der Waals surface area contributed by atoms with Crippen molar-refractivity contribution < 1.29 is 8.81 Å². The first-order valence-corrected chi connectivity index (χ1v) is 8.69. The molecule has 0 saturated carbocycles. The second kappa shape index (κ2) is 6.53. The van der Waals surface area contributed by atoms with Gasteiger partial charge in [0.25, 0.3) is 5.56 Å². The van der Waals surface area contributed by atoms with Crippen LogP contribution in [-0.4, -0.2) is 9.13 Å². The number of aryl methyl sites for hydroxylation is 2. The number of anilines is 2. The summed E-state index contributed by atoms with van der Waals surface area (Å²) in [5, 5.41) is 3.40. The average Bonchev–Trinajstić information content (AvgIpc) is 3.06.